The molecule has 19 heavy (non-hydrogen) atoms. The minimum atomic E-state index is -3.13. The molecule has 0 radical (unpaired) electrons. The van der Waals surface area contributed by atoms with Crippen molar-refractivity contribution in [2.24, 2.45) is 0 Å². The van der Waals surface area contributed by atoms with Gasteiger partial charge in [-0.15, -0.1) is 0 Å². The van der Waals surface area contributed by atoms with Gasteiger partial charge >= 0.3 is 0 Å². The van der Waals surface area contributed by atoms with E-state index in [2.05, 4.69) is 5.32 Å². The third-order valence-corrected chi connectivity index (χ3v) is 3.82. The molecule has 1 N–H and O–H groups in total. The van der Waals surface area contributed by atoms with Gasteiger partial charge in [0.1, 0.15) is 15.7 Å². The van der Waals surface area contributed by atoms with Crippen LogP contribution in [0.3, 0.4) is 0 Å². The van der Waals surface area contributed by atoms with Crippen LogP contribution in [0.2, 0.25) is 0 Å². The lowest BCUT2D eigenvalue weighted by Crippen LogP contribution is -2.42. The van der Waals surface area contributed by atoms with E-state index in [-0.39, 0.29) is 17.9 Å². The lowest BCUT2D eigenvalue weighted by atomic mass is 9.83. The van der Waals surface area contributed by atoms with Gasteiger partial charge in [0.2, 0.25) is 5.91 Å². The zero-order chi connectivity index (χ0) is 14.7. The molecule has 0 fully saturated rings. The third-order valence-electron chi connectivity index (χ3n) is 2.87. The average Bonchev–Trinajstić information content (AvgIpc) is 2.27. The maximum atomic E-state index is 13.7. The van der Waals surface area contributed by atoms with E-state index < -0.39 is 27.0 Å². The Balaban J connectivity index is 2.78. The summed E-state index contributed by atoms with van der Waals surface area (Å²) in [6, 6.07) is 6.05. The molecule has 0 spiro atoms. The Kier molecular flexibility index (Phi) is 4.68. The van der Waals surface area contributed by atoms with E-state index in [1.807, 2.05) is 0 Å². The number of hydrogen-bond acceptors (Lipinski definition) is 3. The summed E-state index contributed by atoms with van der Waals surface area (Å²) in [6.45, 7) is 3.22. The van der Waals surface area contributed by atoms with Crippen LogP contribution in [0.15, 0.2) is 24.3 Å². The van der Waals surface area contributed by atoms with Crippen molar-refractivity contribution < 1.29 is 17.6 Å². The Morgan fingerprint density at radius 2 is 1.89 bits per heavy atom. The molecule has 1 rings (SSSR count). The topological polar surface area (TPSA) is 63.2 Å². The van der Waals surface area contributed by atoms with Gasteiger partial charge in [-0.2, -0.15) is 0 Å². The Hall–Kier alpha value is -1.43. The minimum absolute atomic E-state index is 0.0234. The molecule has 0 unspecified atom stereocenters. The van der Waals surface area contributed by atoms with Gasteiger partial charge in [0.15, 0.2) is 0 Å². The summed E-state index contributed by atoms with van der Waals surface area (Å²) in [5.74, 6) is -0.987. The smallest absolute Gasteiger partial charge is 0.230 e. The maximum absolute atomic E-state index is 13.7. The van der Waals surface area contributed by atoms with E-state index in [1.54, 1.807) is 32.0 Å². The van der Waals surface area contributed by atoms with Crippen molar-refractivity contribution in [1.82, 2.24) is 5.32 Å². The zero-order valence-corrected chi connectivity index (χ0v) is 12.1. The van der Waals surface area contributed by atoms with E-state index in [1.165, 1.54) is 6.07 Å². The fraction of sp³-hybridized carbons (Fsp3) is 0.462. The predicted octanol–water partition coefficient (Wildman–Crippen LogP) is 1.26. The standard InChI is InChI=1S/C13H18FNO3S/c1-13(2,10-6-4-5-7-11(10)14)12(16)15-8-9-19(3,17)18/h4-7H,8-9H2,1-3H3,(H,15,16). The summed E-state index contributed by atoms with van der Waals surface area (Å²) in [4.78, 5) is 12.0. The monoisotopic (exact) mass is 287 g/mol. The van der Waals surface area contributed by atoms with Gasteiger partial charge in [-0.05, 0) is 19.9 Å². The van der Waals surface area contributed by atoms with Crippen LogP contribution in [0.1, 0.15) is 19.4 Å². The first-order valence-electron chi connectivity index (χ1n) is 5.85. The van der Waals surface area contributed by atoms with Gasteiger partial charge in [-0.1, -0.05) is 18.2 Å². The number of hydrogen-bond donors (Lipinski definition) is 1. The number of benzene rings is 1. The van der Waals surface area contributed by atoms with Crippen LogP contribution >= 0.6 is 0 Å². The molecular formula is C13H18FNO3S. The second kappa shape index (κ2) is 5.69. The van der Waals surface area contributed by atoms with Crippen LogP contribution in [0, 0.1) is 5.82 Å². The van der Waals surface area contributed by atoms with Gasteiger partial charge in [-0.3, -0.25) is 4.79 Å². The molecule has 4 nitrogen and oxygen atoms in total. The van der Waals surface area contributed by atoms with Crippen LogP contribution in [0.5, 0.6) is 0 Å². The lowest BCUT2D eigenvalue weighted by Gasteiger charge is -2.24. The molecule has 0 aliphatic carbocycles. The molecule has 106 valence electrons. The number of halogens is 1. The highest BCUT2D eigenvalue weighted by Crippen LogP contribution is 2.25. The fourth-order valence-electron chi connectivity index (χ4n) is 1.66. The largest absolute Gasteiger partial charge is 0.354 e. The normalized spacial score (nSPS) is 12.2. The van der Waals surface area contributed by atoms with Crippen molar-refractivity contribution in [1.29, 1.82) is 0 Å². The van der Waals surface area contributed by atoms with Crippen molar-refractivity contribution in [2.45, 2.75) is 19.3 Å². The second-order valence-electron chi connectivity index (χ2n) is 4.99. The molecule has 0 saturated carbocycles. The van der Waals surface area contributed by atoms with Crippen molar-refractivity contribution in [2.75, 3.05) is 18.6 Å². The van der Waals surface area contributed by atoms with Crippen molar-refractivity contribution >= 4 is 15.7 Å². The van der Waals surface area contributed by atoms with E-state index >= 15 is 0 Å². The van der Waals surface area contributed by atoms with Crippen LogP contribution in [0.4, 0.5) is 4.39 Å². The average molecular weight is 287 g/mol. The number of rotatable bonds is 5. The minimum Gasteiger partial charge on any atom is -0.354 e. The molecule has 0 aliphatic rings. The van der Waals surface area contributed by atoms with Gasteiger partial charge in [0.25, 0.3) is 0 Å². The first-order chi connectivity index (χ1) is 8.64. The molecule has 6 heteroatoms. The van der Waals surface area contributed by atoms with Crippen molar-refractivity contribution in [3.05, 3.63) is 35.6 Å². The van der Waals surface area contributed by atoms with Gasteiger partial charge in [0.05, 0.1) is 11.2 Å². The summed E-state index contributed by atoms with van der Waals surface area (Å²) in [7, 11) is -3.13. The second-order valence-corrected chi connectivity index (χ2v) is 7.25. The van der Waals surface area contributed by atoms with E-state index in [0.717, 1.165) is 6.26 Å². The third kappa shape index (κ3) is 4.31. The van der Waals surface area contributed by atoms with Crippen molar-refractivity contribution in [3.63, 3.8) is 0 Å². The quantitative estimate of drug-likeness (QED) is 0.887. The molecule has 0 atom stereocenters. The summed E-state index contributed by atoms with van der Waals surface area (Å²) >= 11 is 0. The van der Waals surface area contributed by atoms with Gasteiger partial charge in [0, 0.05) is 18.4 Å². The zero-order valence-electron chi connectivity index (χ0n) is 11.2. The SMILES string of the molecule is CC(C)(C(=O)NCCS(C)(=O)=O)c1ccccc1F. The van der Waals surface area contributed by atoms with Crippen LogP contribution < -0.4 is 5.32 Å². The van der Waals surface area contributed by atoms with Crippen molar-refractivity contribution in [3.8, 4) is 0 Å². The van der Waals surface area contributed by atoms with Gasteiger partial charge < -0.3 is 5.32 Å². The van der Waals surface area contributed by atoms with Gasteiger partial charge in [-0.25, -0.2) is 12.8 Å². The number of carbonyl (C=O) groups excluding carboxylic acids is 1. The van der Waals surface area contributed by atoms with E-state index in [0.29, 0.717) is 0 Å². The molecule has 1 aromatic rings. The Bertz CT molecular complexity index is 567. The molecule has 1 amide bonds. The summed E-state index contributed by atoms with van der Waals surface area (Å²) < 4.78 is 35.6. The molecule has 0 heterocycles. The molecule has 0 aliphatic heterocycles. The molecule has 1 aromatic carbocycles. The number of nitrogens with one attached hydrogen (secondary N) is 1. The van der Waals surface area contributed by atoms with Crippen LogP contribution in [0.25, 0.3) is 0 Å². The Labute approximate surface area is 112 Å². The number of sulfone groups is 1. The molecule has 0 saturated heterocycles. The Morgan fingerprint density at radius 3 is 2.42 bits per heavy atom. The highest BCUT2D eigenvalue weighted by atomic mass is 32.2. The fourth-order valence-corrected chi connectivity index (χ4v) is 2.13. The first-order valence-corrected chi connectivity index (χ1v) is 7.91. The summed E-state index contributed by atoms with van der Waals surface area (Å²) in [5, 5.41) is 2.52. The maximum Gasteiger partial charge on any atom is 0.230 e. The van der Waals surface area contributed by atoms with Crippen LogP contribution in [-0.4, -0.2) is 32.9 Å². The molecule has 0 bridgehead atoms. The first kappa shape index (κ1) is 15.6. The highest BCUT2D eigenvalue weighted by molar-refractivity contribution is 7.90. The van der Waals surface area contributed by atoms with Crippen LogP contribution in [-0.2, 0) is 20.0 Å². The summed E-state index contributed by atoms with van der Waals surface area (Å²) in [5.41, 5.74) is -0.769. The summed E-state index contributed by atoms with van der Waals surface area (Å²) in [6.07, 6.45) is 1.10. The number of amides is 1. The molecule has 0 aromatic heterocycles. The molecular weight excluding hydrogens is 269 g/mol. The van der Waals surface area contributed by atoms with E-state index in [4.69, 9.17) is 0 Å². The Morgan fingerprint density at radius 1 is 1.32 bits per heavy atom. The number of carbonyl (C=O) groups is 1. The highest BCUT2D eigenvalue weighted by Gasteiger charge is 2.31. The predicted molar refractivity (Wildman–Crippen MR) is 72.1 cm³/mol. The lowest BCUT2D eigenvalue weighted by molar-refractivity contribution is -0.125. The van der Waals surface area contributed by atoms with E-state index in [9.17, 15) is 17.6 Å².